The monoisotopic (exact) mass is 358 g/mol. The molecule has 2 heterocycles. The summed E-state index contributed by atoms with van der Waals surface area (Å²) in [5.74, 6) is -0.925. The zero-order chi connectivity index (χ0) is 17.8. The van der Waals surface area contributed by atoms with Gasteiger partial charge in [0.15, 0.2) is 0 Å². The van der Waals surface area contributed by atoms with Crippen molar-refractivity contribution < 1.29 is 9.90 Å². The van der Waals surface area contributed by atoms with Crippen molar-refractivity contribution in [1.29, 1.82) is 0 Å². The number of rotatable bonds is 5. The fraction of sp³-hybridized carbons (Fsp3) is 0.400. The summed E-state index contributed by atoms with van der Waals surface area (Å²) in [6.07, 6.45) is 4.24. The Bertz CT molecular complexity index is 707. The lowest BCUT2D eigenvalue weighted by Crippen LogP contribution is -2.39. The number of halogens is 1. The molecule has 0 amide bonds. The topological polar surface area (TPSA) is 53.4 Å². The van der Waals surface area contributed by atoms with E-state index >= 15 is 0 Å². The maximum atomic E-state index is 11.2. The number of hydrogen-bond donors (Lipinski definition) is 1. The van der Waals surface area contributed by atoms with E-state index in [1.807, 2.05) is 30.5 Å². The Morgan fingerprint density at radius 2 is 1.92 bits per heavy atom. The van der Waals surface area contributed by atoms with Crippen LogP contribution in [0.5, 0.6) is 0 Å². The number of aryl methyl sites for hydroxylation is 1. The van der Waals surface area contributed by atoms with E-state index in [1.54, 1.807) is 0 Å². The molecule has 1 aromatic heterocycles. The third kappa shape index (κ3) is 4.20. The number of piperidine rings is 1. The van der Waals surface area contributed by atoms with E-state index in [0.29, 0.717) is 17.9 Å². The SMILES string of the molecule is CCc1ccc(C(c2ccc(Cl)cc2)N2CCC(C(=O)O)CC2)nc1. The van der Waals surface area contributed by atoms with Gasteiger partial charge in [0.25, 0.3) is 0 Å². The largest absolute Gasteiger partial charge is 0.481 e. The van der Waals surface area contributed by atoms with Crippen LogP contribution in [0.1, 0.15) is 42.6 Å². The van der Waals surface area contributed by atoms with E-state index in [4.69, 9.17) is 11.6 Å². The number of likely N-dealkylation sites (tertiary alicyclic amines) is 1. The van der Waals surface area contributed by atoms with Crippen LogP contribution in [-0.2, 0) is 11.2 Å². The van der Waals surface area contributed by atoms with Gasteiger partial charge in [-0.2, -0.15) is 0 Å². The van der Waals surface area contributed by atoms with Crippen LogP contribution in [-0.4, -0.2) is 34.0 Å². The lowest BCUT2D eigenvalue weighted by atomic mass is 9.93. The predicted octanol–water partition coefficient (Wildman–Crippen LogP) is 4.18. The zero-order valence-corrected chi connectivity index (χ0v) is 15.1. The van der Waals surface area contributed by atoms with Gasteiger partial charge in [-0.15, -0.1) is 0 Å². The molecule has 1 atom stereocenters. The number of nitrogens with zero attached hydrogens (tertiary/aromatic N) is 2. The Morgan fingerprint density at radius 3 is 2.44 bits per heavy atom. The van der Waals surface area contributed by atoms with E-state index in [1.165, 1.54) is 5.56 Å². The standard InChI is InChI=1S/C20H23ClN2O2/c1-2-14-3-8-18(22-13-14)19(15-4-6-17(21)7-5-15)23-11-9-16(10-12-23)20(24)25/h3-8,13,16,19H,2,9-12H2,1H3,(H,24,25). The van der Waals surface area contributed by atoms with Crippen LogP contribution in [0.3, 0.4) is 0 Å². The van der Waals surface area contributed by atoms with Crippen molar-refractivity contribution in [3.05, 3.63) is 64.4 Å². The summed E-state index contributed by atoms with van der Waals surface area (Å²) >= 11 is 6.05. The van der Waals surface area contributed by atoms with Crippen LogP contribution in [0.4, 0.5) is 0 Å². The molecule has 3 rings (SSSR count). The van der Waals surface area contributed by atoms with Crippen LogP contribution in [0.25, 0.3) is 0 Å². The Balaban J connectivity index is 1.89. The minimum Gasteiger partial charge on any atom is -0.481 e. The molecular weight excluding hydrogens is 336 g/mol. The molecule has 0 bridgehead atoms. The first-order valence-corrected chi connectivity index (χ1v) is 9.13. The normalized spacial score (nSPS) is 17.4. The highest BCUT2D eigenvalue weighted by molar-refractivity contribution is 6.30. The van der Waals surface area contributed by atoms with Crippen LogP contribution in [0.2, 0.25) is 5.02 Å². The van der Waals surface area contributed by atoms with Crippen LogP contribution in [0, 0.1) is 5.92 Å². The minimum atomic E-state index is -0.687. The second-order valence-corrected chi connectivity index (χ2v) is 6.98. The first-order chi connectivity index (χ1) is 12.1. The van der Waals surface area contributed by atoms with Crippen molar-refractivity contribution in [1.82, 2.24) is 9.88 Å². The third-order valence-corrected chi connectivity index (χ3v) is 5.22. The molecule has 1 N–H and O–H groups in total. The van der Waals surface area contributed by atoms with Gasteiger partial charge in [-0.3, -0.25) is 14.7 Å². The molecule has 5 heteroatoms. The van der Waals surface area contributed by atoms with Crippen LogP contribution < -0.4 is 0 Å². The van der Waals surface area contributed by atoms with Crippen molar-refractivity contribution in [2.45, 2.75) is 32.2 Å². The lowest BCUT2D eigenvalue weighted by molar-refractivity contribution is -0.143. The van der Waals surface area contributed by atoms with Gasteiger partial charge in [0, 0.05) is 11.2 Å². The maximum Gasteiger partial charge on any atom is 0.306 e. The summed E-state index contributed by atoms with van der Waals surface area (Å²) in [4.78, 5) is 18.3. The molecular formula is C20H23ClN2O2. The smallest absolute Gasteiger partial charge is 0.306 e. The number of pyridine rings is 1. The Labute approximate surface area is 153 Å². The first kappa shape index (κ1) is 17.9. The van der Waals surface area contributed by atoms with Crippen molar-refractivity contribution in [3.8, 4) is 0 Å². The van der Waals surface area contributed by atoms with Gasteiger partial charge in [-0.25, -0.2) is 0 Å². The second kappa shape index (κ2) is 7.98. The van der Waals surface area contributed by atoms with Gasteiger partial charge >= 0.3 is 5.97 Å². The fourth-order valence-electron chi connectivity index (χ4n) is 3.43. The van der Waals surface area contributed by atoms with Gasteiger partial charge in [0.2, 0.25) is 0 Å². The zero-order valence-electron chi connectivity index (χ0n) is 14.4. The van der Waals surface area contributed by atoms with Crippen molar-refractivity contribution in [2.24, 2.45) is 5.92 Å². The van der Waals surface area contributed by atoms with Gasteiger partial charge in [0.05, 0.1) is 17.7 Å². The Morgan fingerprint density at radius 1 is 1.24 bits per heavy atom. The van der Waals surface area contributed by atoms with E-state index in [9.17, 15) is 9.90 Å². The van der Waals surface area contributed by atoms with Gasteiger partial charge in [-0.1, -0.05) is 36.7 Å². The summed E-state index contributed by atoms with van der Waals surface area (Å²) in [6, 6.07) is 12.1. The highest BCUT2D eigenvalue weighted by Crippen LogP contribution is 2.32. The summed E-state index contributed by atoms with van der Waals surface area (Å²) in [6.45, 7) is 3.62. The number of carbonyl (C=O) groups is 1. The van der Waals surface area contributed by atoms with Gasteiger partial charge in [0.1, 0.15) is 0 Å². The number of carboxylic acids is 1. The molecule has 0 aliphatic carbocycles. The Kier molecular flexibility index (Phi) is 5.71. The highest BCUT2D eigenvalue weighted by atomic mass is 35.5. The quantitative estimate of drug-likeness (QED) is 0.871. The summed E-state index contributed by atoms with van der Waals surface area (Å²) < 4.78 is 0. The number of hydrogen-bond acceptors (Lipinski definition) is 3. The van der Waals surface area contributed by atoms with E-state index in [-0.39, 0.29) is 12.0 Å². The second-order valence-electron chi connectivity index (χ2n) is 6.55. The average molecular weight is 359 g/mol. The number of carboxylic acid groups (broad SMARTS) is 1. The molecule has 0 saturated carbocycles. The summed E-state index contributed by atoms with van der Waals surface area (Å²) in [5, 5.41) is 9.95. The number of aromatic nitrogens is 1. The Hall–Kier alpha value is -1.91. The molecule has 132 valence electrons. The molecule has 25 heavy (non-hydrogen) atoms. The first-order valence-electron chi connectivity index (χ1n) is 8.75. The summed E-state index contributed by atoms with van der Waals surface area (Å²) in [5.41, 5.74) is 3.34. The minimum absolute atomic E-state index is 0.0258. The molecule has 0 radical (unpaired) electrons. The summed E-state index contributed by atoms with van der Waals surface area (Å²) in [7, 11) is 0. The fourth-order valence-corrected chi connectivity index (χ4v) is 3.55. The predicted molar refractivity (Wildman–Crippen MR) is 98.8 cm³/mol. The average Bonchev–Trinajstić information content (AvgIpc) is 2.64. The third-order valence-electron chi connectivity index (χ3n) is 4.97. The number of aliphatic carboxylic acids is 1. The molecule has 2 aromatic rings. The molecule has 1 aliphatic rings. The lowest BCUT2D eigenvalue weighted by Gasteiger charge is -2.36. The molecule has 1 unspecified atom stereocenters. The van der Waals surface area contributed by atoms with Crippen LogP contribution in [0.15, 0.2) is 42.6 Å². The molecule has 1 aliphatic heterocycles. The molecule has 0 spiro atoms. The maximum absolute atomic E-state index is 11.2. The van der Waals surface area contributed by atoms with Crippen LogP contribution >= 0.6 is 11.6 Å². The molecule has 1 fully saturated rings. The van der Waals surface area contributed by atoms with Crippen molar-refractivity contribution in [2.75, 3.05) is 13.1 Å². The van der Waals surface area contributed by atoms with E-state index in [0.717, 1.165) is 30.8 Å². The highest BCUT2D eigenvalue weighted by Gasteiger charge is 2.30. The molecule has 1 saturated heterocycles. The van der Waals surface area contributed by atoms with E-state index in [2.05, 4.69) is 28.9 Å². The van der Waals surface area contributed by atoms with Crippen molar-refractivity contribution >= 4 is 17.6 Å². The molecule has 1 aromatic carbocycles. The van der Waals surface area contributed by atoms with Gasteiger partial charge in [-0.05, 0) is 61.7 Å². The number of benzene rings is 1. The van der Waals surface area contributed by atoms with E-state index < -0.39 is 5.97 Å². The molecule has 4 nitrogen and oxygen atoms in total. The van der Waals surface area contributed by atoms with Gasteiger partial charge < -0.3 is 5.11 Å². The van der Waals surface area contributed by atoms with Crippen molar-refractivity contribution in [3.63, 3.8) is 0 Å².